The van der Waals surface area contributed by atoms with Crippen LogP contribution in [0.25, 0.3) is 5.57 Å². The summed E-state index contributed by atoms with van der Waals surface area (Å²) in [6.45, 7) is 1.88. The highest BCUT2D eigenvalue weighted by Gasteiger charge is 2.34. The van der Waals surface area contributed by atoms with Gasteiger partial charge in [0.1, 0.15) is 0 Å². The molecule has 0 aliphatic carbocycles. The third-order valence-corrected chi connectivity index (χ3v) is 5.48. The van der Waals surface area contributed by atoms with Gasteiger partial charge in [-0.25, -0.2) is 0 Å². The second-order valence-corrected chi connectivity index (χ2v) is 7.47. The van der Waals surface area contributed by atoms with Crippen molar-refractivity contribution in [2.45, 2.75) is 13.3 Å². The summed E-state index contributed by atoms with van der Waals surface area (Å²) in [6.07, 6.45) is -0.0607. The smallest absolute Gasteiger partial charge is 0.307 e. The van der Waals surface area contributed by atoms with Gasteiger partial charge in [-0.1, -0.05) is 48.2 Å². The third kappa shape index (κ3) is 3.63. The lowest BCUT2D eigenvalue weighted by atomic mass is 10.1. The Labute approximate surface area is 160 Å². The monoisotopic (exact) mass is 384 g/mol. The number of hydrogen-bond donors (Lipinski definition) is 2. The van der Waals surface area contributed by atoms with Gasteiger partial charge in [-0.3, -0.25) is 14.5 Å². The molecule has 1 aliphatic heterocycles. The van der Waals surface area contributed by atoms with Crippen LogP contribution in [0.4, 0.5) is 11.4 Å². The van der Waals surface area contributed by atoms with Crippen molar-refractivity contribution in [1.29, 1.82) is 0 Å². The molecule has 1 amide bonds. The van der Waals surface area contributed by atoms with Crippen molar-refractivity contribution < 1.29 is 14.7 Å². The van der Waals surface area contributed by atoms with Crippen molar-refractivity contribution in [3.63, 3.8) is 0 Å². The number of thiocarbonyl (C=S) groups is 1. The number of anilines is 2. The number of allylic oxidation sites excluding steroid dienone is 1. The number of aliphatic carboxylic acids is 1. The molecule has 0 atom stereocenters. The van der Waals surface area contributed by atoms with E-state index >= 15 is 0 Å². The van der Waals surface area contributed by atoms with E-state index < -0.39 is 5.97 Å². The van der Waals surface area contributed by atoms with E-state index in [0.29, 0.717) is 26.2 Å². The minimum atomic E-state index is -0.898. The summed E-state index contributed by atoms with van der Waals surface area (Å²) in [7, 11) is 0. The van der Waals surface area contributed by atoms with Gasteiger partial charge in [-0.15, -0.1) is 0 Å². The van der Waals surface area contributed by atoms with Gasteiger partial charge in [0.05, 0.1) is 17.0 Å². The molecule has 0 radical (unpaired) electrons. The first-order valence-corrected chi connectivity index (χ1v) is 9.03. The van der Waals surface area contributed by atoms with Crippen LogP contribution in [0.5, 0.6) is 0 Å². The topological polar surface area (TPSA) is 83.6 Å². The molecule has 0 unspecified atom stereocenters. The zero-order valence-corrected chi connectivity index (χ0v) is 15.6. The Morgan fingerprint density at radius 3 is 2.35 bits per heavy atom. The third-order valence-electron chi connectivity index (χ3n) is 4.00. The Kier molecular flexibility index (Phi) is 5.11. The van der Waals surface area contributed by atoms with Crippen molar-refractivity contribution in [2.24, 2.45) is 0 Å². The number of nitrogens with zero attached hydrogens (tertiary/aromatic N) is 1. The van der Waals surface area contributed by atoms with Crippen LogP contribution in [-0.4, -0.2) is 21.3 Å². The van der Waals surface area contributed by atoms with E-state index in [0.717, 1.165) is 11.1 Å². The van der Waals surface area contributed by atoms with Crippen molar-refractivity contribution in [3.8, 4) is 0 Å². The molecule has 2 aromatic rings. The molecule has 0 aromatic heterocycles. The van der Waals surface area contributed by atoms with Crippen LogP contribution >= 0.6 is 24.0 Å². The van der Waals surface area contributed by atoms with Crippen LogP contribution in [0.3, 0.4) is 0 Å². The molecule has 5 nitrogen and oxygen atoms in total. The predicted octanol–water partition coefficient (Wildman–Crippen LogP) is 3.69. The van der Waals surface area contributed by atoms with E-state index in [1.54, 1.807) is 36.4 Å². The predicted molar refractivity (Wildman–Crippen MR) is 109 cm³/mol. The lowest BCUT2D eigenvalue weighted by Crippen LogP contribution is -2.27. The van der Waals surface area contributed by atoms with Crippen molar-refractivity contribution in [3.05, 3.63) is 64.6 Å². The lowest BCUT2D eigenvalue weighted by Gasteiger charge is -2.15. The Morgan fingerprint density at radius 2 is 1.77 bits per heavy atom. The van der Waals surface area contributed by atoms with Crippen molar-refractivity contribution in [2.75, 3.05) is 10.6 Å². The zero-order chi connectivity index (χ0) is 18.8. The van der Waals surface area contributed by atoms with Gasteiger partial charge in [-0.05, 0) is 47.9 Å². The second-order valence-electron chi connectivity index (χ2n) is 5.82. The highest BCUT2D eigenvalue weighted by molar-refractivity contribution is 8.27. The highest BCUT2D eigenvalue weighted by Crippen LogP contribution is 2.39. The van der Waals surface area contributed by atoms with E-state index in [1.807, 2.05) is 19.1 Å². The van der Waals surface area contributed by atoms with Crippen LogP contribution in [-0.2, 0) is 16.0 Å². The first-order valence-electron chi connectivity index (χ1n) is 7.80. The Hall–Kier alpha value is -2.64. The number of carbonyl (C=O) groups excluding carboxylic acids is 1. The molecule has 1 fully saturated rings. The molecule has 1 aliphatic rings. The van der Waals surface area contributed by atoms with Gasteiger partial charge >= 0.3 is 5.97 Å². The molecule has 7 heteroatoms. The van der Waals surface area contributed by atoms with Crippen LogP contribution < -0.4 is 10.6 Å². The number of nitrogens with two attached hydrogens (primary N) is 1. The molecule has 1 heterocycles. The number of benzene rings is 2. The Bertz CT molecular complexity index is 919. The van der Waals surface area contributed by atoms with Gasteiger partial charge in [0, 0.05) is 5.69 Å². The number of amides is 1. The quantitative estimate of drug-likeness (QED) is 0.475. The average molecular weight is 384 g/mol. The Morgan fingerprint density at radius 1 is 1.15 bits per heavy atom. The van der Waals surface area contributed by atoms with Gasteiger partial charge in [0.15, 0.2) is 4.32 Å². The molecule has 0 spiro atoms. The van der Waals surface area contributed by atoms with E-state index in [9.17, 15) is 9.59 Å². The molecular formula is C19H16N2O3S2. The molecular weight excluding hydrogens is 368 g/mol. The van der Waals surface area contributed by atoms with Crippen LogP contribution in [0.15, 0.2) is 53.4 Å². The number of carbonyl (C=O) groups is 2. The summed E-state index contributed by atoms with van der Waals surface area (Å²) in [5, 5.41) is 8.85. The summed E-state index contributed by atoms with van der Waals surface area (Å²) < 4.78 is 0.450. The summed E-state index contributed by atoms with van der Waals surface area (Å²) in [5.74, 6) is -1.08. The van der Waals surface area contributed by atoms with Gasteiger partial charge < -0.3 is 10.8 Å². The standard InChI is InChI=1S/C19H16N2O3S2/c1-11(13-4-6-14(20)7-5-13)17-18(24)21(19(25)26-17)15-8-2-12(3-9-15)10-16(22)23/h2-9H,10,20H2,1H3,(H,22,23)/b17-11-. The van der Waals surface area contributed by atoms with Crippen LogP contribution in [0.1, 0.15) is 18.1 Å². The normalized spacial score (nSPS) is 16.1. The SMILES string of the molecule is C/C(=C1/SC(=S)N(c2ccc(CC(=O)O)cc2)C1=O)c1ccc(N)cc1. The molecule has 26 heavy (non-hydrogen) atoms. The fraction of sp³-hybridized carbons (Fsp3) is 0.105. The molecule has 1 saturated heterocycles. The fourth-order valence-electron chi connectivity index (χ4n) is 2.62. The maximum Gasteiger partial charge on any atom is 0.307 e. The molecule has 3 rings (SSSR count). The summed E-state index contributed by atoms with van der Waals surface area (Å²) in [4.78, 5) is 25.7. The molecule has 2 aromatic carbocycles. The van der Waals surface area contributed by atoms with Crippen LogP contribution in [0.2, 0.25) is 0 Å². The van der Waals surface area contributed by atoms with Gasteiger partial charge in [0.2, 0.25) is 0 Å². The maximum absolute atomic E-state index is 12.9. The number of carboxylic acid groups (broad SMARTS) is 1. The largest absolute Gasteiger partial charge is 0.481 e. The summed E-state index contributed by atoms with van der Waals surface area (Å²) in [6, 6.07) is 14.1. The van der Waals surface area contributed by atoms with Gasteiger partial charge in [0.25, 0.3) is 5.91 Å². The highest BCUT2D eigenvalue weighted by atomic mass is 32.2. The summed E-state index contributed by atoms with van der Waals surface area (Å²) >= 11 is 6.65. The van der Waals surface area contributed by atoms with E-state index in [2.05, 4.69) is 0 Å². The molecule has 132 valence electrons. The number of nitrogen functional groups attached to an aromatic ring is 1. The molecule has 0 bridgehead atoms. The van der Waals surface area contributed by atoms with Crippen molar-refractivity contribution >= 4 is 57.1 Å². The minimum absolute atomic E-state index is 0.0607. The maximum atomic E-state index is 12.9. The Balaban J connectivity index is 1.90. The van der Waals surface area contributed by atoms with E-state index in [4.69, 9.17) is 23.1 Å². The molecule has 0 saturated carbocycles. The number of carboxylic acids is 1. The first-order chi connectivity index (χ1) is 12.4. The molecule has 3 N–H and O–H groups in total. The number of thioether (sulfide) groups is 1. The lowest BCUT2D eigenvalue weighted by molar-refractivity contribution is -0.136. The fourth-order valence-corrected chi connectivity index (χ4v) is 3.96. The summed E-state index contributed by atoms with van der Waals surface area (Å²) in [5.41, 5.74) is 9.43. The number of rotatable bonds is 4. The van der Waals surface area contributed by atoms with Crippen LogP contribution in [0, 0.1) is 0 Å². The number of hydrogen-bond acceptors (Lipinski definition) is 5. The average Bonchev–Trinajstić information content (AvgIpc) is 2.90. The minimum Gasteiger partial charge on any atom is -0.481 e. The second kappa shape index (κ2) is 7.31. The first kappa shape index (κ1) is 18.2. The van der Waals surface area contributed by atoms with E-state index in [1.165, 1.54) is 16.7 Å². The van der Waals surface area contributed by atoms with E-state index in [-0.39, 0.29) is 12.3 Å². The van der Waals surface area contributed by atoms with Crippen molar-refractivity contribution in [1.82, 2.24) is 0 Å². The van der Waals surface area contributed by atoms with Gasteiger partial charge in [-0.2, -0.15) is 0 Å². The zero-order valence-electron chi connectivity index (χ0n) is 13.9.